The van der Waals surface area contributed by atoms with Crippen LogP contribution in [0.25, 0.3) is 0 Å². The zero-order valence-electron chi connectivity index (χ0n) is 11.9. The van der Waals surface area contributed by atoms with Gasteiger partial charge >= 0.3 is 0 Å². The van der Waals surface area contributed by atoms with Crippen LogP contribution in [0.15, 0.2) is 0 Å². The third-order valence-electron chi connectivity index (χ3n) is 5.68. The molecule has 0 aromatic carbocycles. The monoisotopic (exact) mass is 251 g/mol. The maximum absolute atomic E-state index is 6.41. The van der Waals surface area contributed by atoms with Crippen LogP contribution in [0.4, 0.5) is 0 Å². The number of ether oxygens (including phenoxy) is 1. The molecule has 3 aliphatic carbocycles. The molecule has 0 aromatic heterocycles. The first kappa shape index (κ1) is 12.9. The second-order valence-electron chi connectivity index (χ2n) is 6.67. The number of nitrogens with one attached hydrogen (secondary N) is 1. The van der Waals surface area contributed by atoms with E-state index in [1.54, 1.807) is 0 Å². The first-order chi connectivity index (χ1) is 8.85. The van der Waals surface area contributed by atoms with E-state index in [1.807, 2.05) is 0 Å². The molecule has 0 heterocycles. The van der Waals surface area contributed by atoms with Crippen LogP contribution in [0.5, 0.6) is 0 Å². The van der Waals surface area contributed by atoms with Gasteiger partial charge in [-0.1, -0.05) is 32.6 Å². The van der Waals surface area contributed by atoms with Crippen molar-refractivity contribution in [2.45, 2.75) is 89.4 Å². The fraction of sp³-hybridized carbons (Fsp3) is 1.00. The lowest BCUT2D eigenvalue weighted by Gasteiger charge is -2.57. The van der Waals surface area contributed by atoms with Gasteiger partial charge in [-0.25, -0.2) is 0 Å². The summed E-state index contributed by atoms with van der Waals surface area (Å²) in [4.78, 5) is 0. The molecule has 2 heteroatoms. The van der Waals surface area contributed by atoms with Crippen molar-refractivity contribution in [2.75, 3.05) is 6.54 Å². The molecule has 104 valence electrons. The molecule has 3 aliphatic rings. The van der Waals surface area contributed by atoms with Crippen LogP contribution in [-0.2, 0) is 4.74 Å². The van der Waals surface area contributed by atoms with Crippen LogP contribution < -0.4 is 5.32 Å². The summed E-state index contributed by atoms with van der Waals surface area (Å²) in [6.07, 6.45) is 15.0. The summed E-state index contributed by atoms with van der Waals surface area (Å²) in [5, 5.41) is 3.73. The maximum Gasteiger partial charge on any atom is 0.0665 e. The Morgan fingerprint density at radius 1 is 1.06 bits per heavy atom. The van der Waals surface area contributed by atoms with Crippen LogP contribution in [0, 0.1) is 5.41 Å². The van der Waals surface area contributed by atoms with Crippen LogP contribution in [0.3, 0.4) is 0 Å². The molecule has 0 amide bonds. The van der Waals surface area contributed by atoms with Gasteiger partial charge in [0.2, 0.25) is 0 Å². The molecular formula is C16H29NO. The number of hydrogen-bond acceptors (Lipinski definition) is 2. The van der Waals surface area contributed by atoms with E-state index in [2.05, 4.69) is 12.2 Å². The van der Waals surface area contributed by atoms with E-state index in [0.29, 0.717) is 17.6 Å². The van der Waals surface area contributed by atoms with E-state index in [9.17, 15) is 0 Å². The van der Waals surface area contributed by atoms with Crippen LogP contribution in [0.2, 0.25) is 0 Å². The minimum absolute atomic E-state index is 0.502. The van der Waals surface area contributed by atoms with Gasteiger partial charge in [-0.15, -0.1) is 0 Å². The molecule has 1 spiro atoms. The summed E-state index contributed by atoms with van der Waals surface area (Å²) in [5.41, 5.74) is 0.502. The van der Waals surface area contributed by atoms with Gasteiger partial charge in [0.05, 0.1) is 12.2 Å². The highest BCUT2D eigenvalue weighted by Gasteiger charge is 2.55. The lowest BCUT2D eigenvalue weighted by atomic mass is 9.57. The predicted molar refractivity (Wildman–Crippen MR) is 74.7 cm³/mol. The quantitative estimate of drug-likeness (QED) is 0.823. The third-order valence-corrected chi connectivity index (χ3v) is 5.68. The molecule has 2 unspecified atom stereocenters. The Bertz CT molecular complexity index is 266. The van der Waals surface area contributed by atoms with Crippen molar-refractivity contribution in [3.8, 4) is 0 Å². The molecule has 0 aliphatic heterocycles. The van der Waals surface area contributed by atoms with Gasteiger partial charge in [0.15, 0.2) is 0 Å². The molecule has 3 fully saturated rings. The summed E-state index contributed by atoms with van der Waals surface area (Å²) in [6.45, 7) is 3.35. The highest BCUT2D eigenvalue weighted by Crippen LogP contribution is 2.53. The topological polar surface area (TPSA) is 21.3 Å². The van der Waals surface area contributed by atoms with Gasteiger partial charge in [-0.05, 0) is 45.1 Å². The van der Waals surface area contributed by atoms with Crippen LogP contribution in [0.1, 0.15) is 71.1 Å². The largest absolute Gasteiger partial charge is 0.374 e. The number of rotatable bonds is 4. The summed E-state index contributed by atoms with van der Waals surface area (Å²) in [7, 11) is 0. The Kier molecular flexibility index (Phi) is 3.95. The Hall–Kier alpha value is -0.0800. The molecule has 3 saturated carbocycles. The van der Waals surface area contributed by atoms with Crippen molar-refractivity contribution in [2.24, 2.45) is 5.41 Å². The smallest absolute Gasteiger partial charge is 0.0665 e. The van der Waals surface area contributed by atoms with Crippen molar-refractivity contribution < 1.29 is 4.74 Å². The Labute approximate surface area is 112 Å². The third kappa shape index (κ3) is 2.22. The normalized spacial score (nSPS) is 35.8. The minimum atomic E-state index is 0.502. The molecule has 0 aromatic rings. The minimum Gasteiger partial charge on any atom is -0.374 e. The highest BCUT2D eigenvalue weighted by molar-refractivity contribution is 5.08. The van der Waals surface area contributed by atoms with E-state index in [-0.39, 0.29) is 0 Å². The van der Waals surface area contributed by atoms with Crippen molar-refractivity contribution in [3.05, 3.63) is 0 Å². The number of hydrogen-bond donors (Lipinski definition) is 1. The molecule has 0 saturated heterocycles. The summed E-state index contributed by atoms with van der Waals surface area (Å²) < 4.78 is 6.41. The average Bonchev–Trinajstić information content (AvgIpc) is 2.58. The molecule has 2 nitrogen and oxygen atoms in total. The fourth-order valence-electron chi connectivity index (χ4n) is 4.27. The summed E-state index contributed by atoms with van der Waals surface area (Å²) >= 11 is 0. The molecule has 3 rings (SSSR count). The van der Waals surface area contributed by atoms with Gasteiger partial charge < -0.3 is 10.1 Å². The lowest BCUT2D eigenvalue weighted by Crippen LogP contribution is -2.64. The first-order valence-electron chi connectivity index (χ1n) is 8.24. The second-order valence-corrected chi connectivity index (χ2v) is 6.67. The molecule has 18 heavy (non-hydrogen) atoms. The molecule has 1 N–H and O–H groups in total. The molecule has 0 radical (unpaired) electrons. The zero-order chi connectivity index (χ0) is 12.4. The second kappa shape index (κ2) is 5.50. The van der Waals surface area contributed by atoms with Gasteiger partial charge in [0.25, 0.3) is 0 Å². The SMILES string of the molecule is CCNC1CC(OC2CCC2)C12CCCCCC2. The van der Waals surface area contributed by atoms with Crippen molar-refractivity contribution in [3.63, 3.8) is 0 Å². The van der Waals surface area contributed by atoms with Crippen molar-refractivity contribution in [1.82, 2.24) is 5.32 Å². The standard InChI is InChI=1S/C16H29NO/c1-2-17-14-12-15(18-13-8-7-9-13)16(14)10-5-3-4-6-11-16/h13-15,17H,2-12H2,1H3. The van der Waals surface area contributed by atoms with E-state index in [4.69, 9.17) is 4.74 Å². The molecular weight excluding hydrogens is 222 g/mol. The lowest BCUT2D eigenvalue weighted by molar-refractivity contribution is -0.183. The van der Waals surface area contributed by atoms with Gasteiger partial charge in [-0.2, -0.15) is 0 Å². The predicted octanol–water partition coefficient (Wildman–Crippen LogP) is 3.65. The molecule has 2 atom stereocenters. The maximum atomic E-state index is 6.41. The molecule has 0 bridgehead atoms. The van der Waals surface area contributed by atoms with Gasteiger partial charge in [-0.3, -0.25) is 0 Å². The van der Waals surface area contributed by atoms with E-state index >= 15 is 0 Å². The first-order valence-corrected chi connectivity index (χ1v) is 8.24. The van der Waals surface area contributed by atoms with E-state index in [0.717, 1.165) is 12.6 Å². The van der Waals surface area contributed by atoms with E-state index in [1.165, 1.54) is 64.2 Å². The Morgan fingerprint density at radius 2 is 1.78 bits per heavy atom. The van der Waals surface area contributed by atoms with E-state index < -0.39 is 0 Å². The van der Waals surface area contributed by atoms with Gasteiger partial charge in [0.1, 0.15) is 0 Å². The fourth-order valence-corrected chi connectivity index (χ4v) is 4.27. The highest BCUT2D eigenvalue weighted by atomic mass is 16.5. The summed E-state index contributed by atoms with van der Waals surface area (Å²) in [6, 6.07) is 0.741. The Balaban J connectivity index is 1.65. The summed E-state index contributed by atoms with van der Waals surface area (Å²) in [5.74, 6) is 0. The zero-order valence-corrected chi connectivity index (χ0v) is 11.9. The van der Waals surface area contributed by atoms with Gasteiger partial charge in [0, 0.05) is 11.5 Å². The Morgan fingerprint density at radius 3 is 2.33 bits per heavy atom. The van der Waals surface area contributed by atoms with Crippen LogP contribution >= 0.6 is 0 Å². The van der Waals surface area contributed by atoms with Crippen LogP contribution in [-0.4, -0.2) is 24.8 Å². The van der Waals surface area contributed by atoms with Crippen molar-refractivity contribution >= 4 is 0 Å². The van der Waals surface area contributed by atoms with Crippen molar-refractivity contribution in [1.29, 1.82) is 0 Å². The average molecular weight is 251 g/mol.